The maximum Gasteiger partial charge on any atom is 0.204 e. The summed E-state index contributed by atoms with van der Waals surface area (Å²) in [5.74, 6) is -0.879. The quantitative estimate of drug-likeness (QED) is 0.875. The van der Waals surface area contributed by atoms with Crippen molar-refractivity contribution in [1.82, 2.24) is 9.97 Å². The minimum absolute atomic E-state index is 0.0628. The highest BCUT2D eigenvalue weighted by Gasteiger charge is 2.12. The van der Waals surface area contributed by atoms with E-state index in [1.807, 2.05) is 0 Å². The molecule has 0 saturated carbocycles. The van der Waals surface area contributed by atoms with E-state index in [0.29, 0.717) is 0 Å². The summed E-state index contributed by atoms with van der Waals surface area (Å²) in [6.45, 7) is 0. The van der Waals surface area contributed by atoms with Crippen molar-refractivity contribution in [3.05, 3.63) is 36.2 Å². The van der Waals surface area contributed by atoms with Gasteiger partial charge in [-0.15, -0.1) is 0 Å². The minimum atomic E-state index is -0.741. The molecule has 0 amide bonds. The predicted octanol–water partition coefficient (Wildman–Crippen LogP) is 2.09. The molecule has 0 fully saturated rings. The molecule has 0 aliphatic carbocycles. The zero-order valence-corrected chi connectivity index (χ0v) is 9.45. The molecular formula is C11H10F2N4O. The first-order valence-corrected chi connectivity index (χ1v) is 4.98. The molecule has 2 rings (SSSR count). The summed E-state index contributed by atoms with van der Waals surface area (Å²) in [6, 6.07) is 3.14. The second-order valence-electron chi connectivity index (χ2n) is 3.39. The van der Waals surface area contributed by atoms with Gasteiger partial charge in [0, 0.05) is 6.07 Å². The molecule has 3 N–H and O–H groups in total. The fraction of sp³-hybridized carbons (Fsp3) is 0.0909. The standard InChI is InChI=1S/C11H10F2N4O/c1-18-9-10(14)15-5-16-11(9)17-8-3-2-6(12)4-7(8)13/h2-5H,1H3,(H3,14,15,16,17). The second-order valence-corrected chi connectivity index (χ2v) is 3.39. The highest BCUT2D eigenvalue weighted by molar-refractivity contribution is 5.68. The molecule has 94 valence electrons. The van der Waals surface area contributed by atoms with Crippen LogP contribution < -0.4 is 15.8 Å². The fourth-order valence-corrected chi connectivity index (χ4v) is 1.40. The number of aromatic nitrogens is 2. The lowest BCUT2D eigenvalue weighted by Crippen LogP contribution is -2.03. The van der Waals surface area contributed by atoms with Crippen molar-refractivity contribution < 1.29 is 13.5 Å². The maximum atomic E-state index is 13.5. The van der Waals surface area contributed by atoms with Gasteiger partial charge in [-0.2, -0.15) is 0 Å². The third-order valence-electron chi connectivity index (χ3n) is 2.22. The first kappa shape index (κ1) is 12.0. The Hall–Kier alpha value is -2.44. The van der Waals surface area contributed by atoms with Gasteiger partial charge in [0.25, 0.3) is 0 Å². The van der Waals surface area contributed by atoms with Crippen molar-refractivity contribution in [2.75, 3.05) is 18.2 Å². The van der Waals surface area contributed by atoms with E-state index in [-0.39, 0.29) is 23.1 Å². The molecule has 1 aromatic heterocycles. The van der Waals surface area contributed by atoms with Gasteiger partial charge in [-0.25, -0.2) is 18.7 Å². The first-order chi connectivity index (χ1) is 8.61. The second kappa shape index (κ2) is 4.82. The average Bonchev–Trinajstić information content (AvgIpc) is 2.33. The van der Waals surface area contributed by atoms with Gasteiger partial charge in [-0.3, -0.25) is 0 Å². The van der Waals surface area contributed by atoms with Gasteiger partial charge in [0.1, 0.15) is 18.0 Å². The Labute approximate surface area is 102 Å². The number of benzene rings is 1. The summed E-state index contributed by atoms with van der Waals surface area (Å²) in [7, 11) is 1.39. The van der Waals surface area contributed by atoms with Crippen LogP contribution in [-0.4, -0.2) is 17.1 Å². The summed E-state index contributed by atoms with van der Waals surface area (Å²) in [6.07, 6.45) is 1.21. The molecule has 18 heavy (non-hydrogen) atoms. The molecule has 0 spiro atoms. The summed E-state index contributed by atoms with van der Waals surface area (Å²) in [4.78, 5) is 7.62. The third kappa shape index (κ3) is 2.29. The zero-order valence-electron chi connectivity index (χ0n) is 9.45. The number of hydrogen-bond acceptors (Lipinski definition) is 5. The van der Waals surface area contributed by atoms with E-state index in [9.17, 15) is 8.78 Å². The van der Waals surface area contributed by atoms with Gasteiger partial charge < -0.3 is 15.8 Å². The third-order valence-corrected chi connectivity index (χ3v) is 2.22. The number of nitrogens with two attached hydrogens (primary N) is 1. The van der Waals surface area contributed by atoms with Gasteiger partial charge in [0.15, 0.2) is 11.6 Å². The number of hydrogen-bond donors (Lipinski definition) is 2. The normalized spacial score (nSPS) is 10.2. The lowest BCUT2D eigenvalue weighted by molar-refractivity contribution is 0.415. The van der Waals surface area contributed by atoms with E-state index in [2.05, 4.69) is 15.3 Å². The van der Waals surface area contributed by atoms with Crippen molar-refractivity contribution in [3.63, 3.8) is 0 Å². The molecule has 7 heteroatoms. The van der Waals surface area contributed by atoms with Crippen LogP contribution in [0.4, 0.5) is 26.1 Å². The highest BCUT2D eigenvalue weighted by Crippen LogP contribution is 2.30. The predicted molar refractivity (Wildman–Crippen MR) is 62.6 cm³/mol. The topological polar surface area (TPSA) is 73.1 Å². The van der Waals surface area contributed by atoms with Gasteiger partial charge in [0.2, 0.25) is 5.75 Å². The fourth-order valence-electron chi connectivity index (χ4n) is 1.40. The number of nitrogen functional groups attached to an aromatic ring is 1. The molecule has 0 radical (unpaired) electrons. The molecule has 0 aliphatic rings. The molecule has 1 aromatic carbocycles. The molecular weight excluding hydrogens is 242 g/mol. The number of ether oxygens (including phenoxy) is 1. The molecule has 0 saturated heterocycles. The van der Waals surface area contributed by atoms with Gasteiger partial charge in [-0.05, 0) is 12.1 Å². The number of rotatable bonds is 3. The van der Waals surface area contributed by atoms with Crippen molar-refractivity contribution in [2.45, 2.75) is 0 Å². The number of anilines is 3. The monoisotopic (exact) mass is 252 g/mol. The lowest BCUT2D eigenvalue weighted by atomic mass is 10.3. The maximum absolute atomic E-state index is 13.5. The van der Waals surface area contributed by atoms with Crippen LogP contribution in [0.25, 0.3) is 0 Å². The van der Waals surface area contributed by atoms with Crippen LogP contribution >= 0.6 is 0 Å². The molecule has 0 bridgehead atoms. The Morgan fingerprint density at radius 1 is 1.28 bits per heavy atom. The largest absolute Gasteiger partial charge is 0.490 e. The number of halogens is 2. The highest BCUT2D eigenvalue weighted by atomic mass is 19.1. The SMILES string of the molecule is COc1c(N)ncnc1Nc1ccc(F)cc1F. The minimum Gasteiger partial charge on any atom is -0.490 e. The van der Waals surface area contributed by atoms with E-state index in [1.54, 1.807) is 0 Å². The van der Waals surface area contributed by atoms with Crippen LogP contribution in [0.15, 0.2) is 24.5 Å². The number of methoxy groups -OCH3 is 1. The van der Waals surface area contributed by atoms with E-state index >= 15 is 0 Å². The van der Waals surface area contributed by atoms with Crippen LogP contribution in [0.3, 0.4) is 0 Å². The van der Waals surface area contributed by atoms with Gasteiger partial charge >= 0.3 is 0 Å². The summed E-state index contributed by atoms with van der Waals surface area (Å²) < 4.78 is 31.2. The number of nitrogens with one attached hydrogen (secondary N) is 1. The molecule has 1 heterocycles. The Morgan fingerprint density at radius 2 is 2.06 bits per heavy atom. The van der Waals surface area contributed by atoms with E-state index < -0.39 is 11.6 Å². The van der Waals surface area contributed by atoms with Crippen LogP contribution in [0, 0.1) is 11.6 Å². The molecule has 2 aromatic rings. The molecule has 0 atom stereocenters. The van der Waals surface area contributed by atoms with Crippen LogP contribution in [0.5, 0.6) is 5.75 Å². The average molecular weight is 252 g/mol. The Bertz CT molecular complexity index is 577. The van der Waals surface area contributed by atoms with Crippen molar-refractivity contribution in [2.24, 2.45) is 0 Å². The zero-order chi connectivity index (χ0) is 13.1. The summed E-state index contributed by atoms with van der Waals surface area (Å²) in [5, 5.41) is 2.66. The van der Waals surface area contributed by atoms with E-state index in [1.165, 1.54) is 19.5 Å². The molecule has 5 nitrogen and oxygen atoms in total. The van der Waals surface area contributed by atoms with E-state index in [0.717, 1.165) is 12.1 Å². The van der Waals surface area contributed by atoms with Crippen molar-refractivity contribution >= 4 is 17.3 Å². The van der Waals surface area contributed by atoms with Crippen LogP contribution in [0.1, 0.15) is 0 Å². The summed E-state index contributed by atoms with van der Waals surface area (Å²) >= 11 is 0. The van der Waals surface area contributed by atoms with E-state index in [4.69, 9.17) is 10.5 Å². The lowest BCUT2D eigenvalue weighted by Gasteiger charge is -2.11. The van der Waals surface area contributed by atoms with Gasteiger partial charge in [-0.1, -0.05) is 0 Å². The van der Waals surface area contributed by atoms with Crippen LogP contribution in [-0.2, 0) is 0 Å². The summed E-state index contributed by atoms with van der Waals surface area (Å²) in [5.41, 5.74) is 5.64. The Balaban J connectivity index is 2.37. The van der Waals surface area contributed by atoms with Crippen LogP contribution in [0.2, 0.25) is 0 Å². The van der Waals surface area contributed by atoms with Crippen molar-refractivity contribution in [3.8, 4) is 5.75 Å². The Kier molecular flexibility index (Phi) is 3.22. The number of nitrogens with zero attached hydrogens (tertiary/aromatic N) is 2. The van der Waals surface area contributed by atoms with Crippen molar-refractivity contribution in [1.29, 1.82) is 0 Å². The Morgan fingerprint density at radius 3 is 2.72 bits per heavy atom. The molecule has 0 aliphatic heterocycles. The first-order valence-electron chi connectivity index (χ1n) is 4.98. The molecule has 0 unspecified atom stereocenters. The smallest absolute Gasteiger partial charge is 0.204 e. The van der Waals surface area contributed by atoms with Gasteiger partial charge in [0.05, 0.1) is 12.8 Å².